The van der Waals surface area contributed by atoms with Crippen molar-refractivity contribution in [3.05, 3.63) is 0 Å². The van der Waals surface area contributed by atoms with Gasteiger partial charge in [0.1, 0.15) is 23.9 Å². The second kappa shape index (κ2) is 8.59. The highest BCUT2D eigenvalue weighted by molar-refractivity contribution is 5.81. The van der Waals surface area contributed by atoms with Crippen molar-refractivity contribution in [1.29, 1.82) is 0 Å². The molecule has 0 aliphatic heterocycles. The summed E-state index contributed by atoms with van der Waals surface area (Å²) in [6.45, 7) is 12.0. The maximum atomic E-state index is 11.7. The molecule has 0 spiro atoms. The van der Waals surface area contributed by atoms with Gasteiger partial charge in [-0.05, 0) is 48.5 Å². The number of amides is 2. The summed E-state index contributed by atoms with van der Waals surface area (Å²) in [4.78, 5) is 34.6. The van der Waals surface area contributed by atoms with Gasteiger partial charge in [0.25, 0.3) is 0 Å². The highest BCUT2D eigenvalue weighted by atomic mass is 16.6. The molecular formula is C15H28N2O6. The van der Waals surface area contributed by atoms with Crippen LogP contribution in [0.4, 0.5) is 9.59 Å². The number of esters is 1. The molecule has 8 heteroatoms. The fourth-order valence-corrected chi connectivity index (χ4v) is 1.29. The number of hydrogen-bond donors (Lipinski definition) is 2. The first kappa shape index (κ1) is 21.0. The van der Waals surface area contributed by atoms with Crippen molar-refractivity contribution in [2.24, 2.45) is 0 Å². The number of hydrogen-bond acceptors (Lipinski definition) is 6. The van der Waals surface area contributed by atoms with Gasteiger partial charge in [-0.3, -0.25) is 0 Å². The third-order valence-corrected chi connectivity index (χ3v) is 2.10. The van der Waals surface area contributed by atoms with Crippen LogP contribution in [0, 0.1) is 0 Å². The van der Waals surface area contributed by atoms with E-state index in [0.29, 0.717) is 0 Å². The van der Waals surface area contributed by atoms with E-state index in [1.165, 1.54) is 6.92 Å². The van der Waals surface area contributed by atoms with Gasteiger partial charge in [0.05, 0.1) is 6.54 Å². The monoisotopic (exact) mass is 332 g/mol. The number of nitrogens with one attached hydrogen (secondary N) is 2. The fourth-order valence-electron chi connectivity index (χ4n) is 1.29. The van der Waals surface area contributed by atoms with Crippen LogP contribution in [0.1, 0.15) is 48.5 Å². The van der Waals surface area contributed by atoms with Crippen LogP contribution in [0.3, 0.4) is 0 Å². The van der Waals surface area contributed by atoms with Crippen molar-refractivity contribution in [2.75, 3.05) is 13.2 Å². The van der Waals surface area contributed by atoms with Crippen molar-refractivity contribution in [3.8, 4) is 0 Å². The Morgan fingerprint density at radius 3 is 1.87 bits per heavy atom. The van der Waals surface area contributed by atoms with E-state index in [-0.39, 0.29) is 13.2 Å². The van der Waals surface area contributed by atoms with Crippen LogP contribution < -0.4 is 10.6 Å². The number of alkyl carbamates (subject to hydrolysis) is 2. The van der Waals surface area contributed by atoms with Gasteiger partial charge < -0.3 is 24.8 Å². The molecule has 0 aliphatic rings. The zero-order valence-corrected chi connectivity index (χ0v) is 14.9. The molecule has 1 atom stereocenters. The molecule has 0 aromatic heterocycles. The molecule has 2 N–H and O–H groups in total. The predicted octanol–water partition coefficient (Wildman–Crippen LogP) is 1.97. The second-order valence-electron chi connectivity index (χ2n) is 6.96. The first-order valence-corrected chi connectivity index (χ1v) is 7.43. The first-order chi connectivity index (χ1) is 10.3. The van der Waals surface area contributed by atoms with Gasteiger partial charge in [0.2, 0.25) is 0 Å². The Bertz CT molecular complexity index is 423. The summed E-state index contributed by atoms with van der Waals surface area (Å²) in [6.07, 6.45) is -1.29. The van der Waals surface area contributed by atoms with Gasteiger partial charge >= 0.3 is 18.2 Å². The Kier molecular flexibility index (Phi) is 7.85. The second-order valence-corrected chi connectivity index (χ2v) is 6.96. The summed E-state index contributed by atoms with van der Waals surface area (Å²) in [7, 11) is 0. The SMILES string of the molecule is C[C@H](NC(=O)OC(C)(C)C)C(=O)OCCNC(=O)OC(C)(C)C. The van der Waals surface area contributed by atoms with Gasteiger partial charge in [-0.25, -0.2) is 14.4 Å². The lowest BCUT2D eigenvalue weighted by Crippen LogP contribution is -2.43. The molecule has 23 heavy (non-hydrogen) atoms. The molecule has 134 valence electrons. The van der Waals surface area contributed by atoms with Crippen LogP contribution in [-0.2, 0) is 19.0 Å². The largest absolute Gasteiger partial charge is 0.462 e. The lowest BCUT2D eigenvalue weighted by molar-refractivity contribution is -0.145. The predicted molar refractivity (Wildman–Crippen MR) is 84.0 cm³/mol. The van der Waals surface area contributed by atoms with Crippen molar-refractivity contribution >= 4 is 18.2 Å². The van der Waals surface area contributed by atoms with E-state index >= 15 is 0 Å². The van der Waals surface area contributed by atoms with E-state index in [0.717, 1.165) is 0 Å². The topological polar surface area (TPSA) is 103 Å². The van der Waals surface area contributed by atoms with Crippen molar-refractivity contribution in [2.45, 2.75) is 65.7 Å². The number of carbonyl (C=O) groups excluding carboxylic acids is 3. The standard InChI is InChI=1S/C15H28N2O6/c1-10(17-13(20)23-15(5,6)7)11(18)21-9-8-16-12(19)22-14(2,3)4/h10H,8-9H2,1-7H3,(H,16,19)(H,17,20)/t10-/m0/s1. The Morgan fingerprint density at radius 2 is 1.39 bits per heavy atom. The molecule has 0 heterocycles. The summed E-state index contributed by atoms with van der Waals surface area (Å²) in [6, 6.07) is -0.855. The molecule has 0 radical (unpaired) electrons. The molecule has 0 aliphatic carbocycles. The minimum atomic E-state index is -0.855. The normalized spacial score (nSPS) is 12.8. The van der Waals surface area contributed by atoms with Gasteiger partial charge in [0.15, 0.2) is 0 Å². The van der Waals surface area contributed by atoms with Gasteiger partial charge in [-0.1, -0.05) is 0 Å². The maximum Gasteiger partial charge on any atom is 0.408 e. The molecule has 0 saturated carbocycles. The first-order valence-electron chi connectivity index (χ1n) is 7.43. The number of carbonyl (C=O) groups is 3. The van der Waals surface area contributed by atoms with Crippen molar-refractivity contribution in [3.63, 3.8) is 0 Å². The summed E-state index contributed by atoms with van der Waals surface area (Å²) >= 11 is 0. The van der Waals surface area contributed by atoms with Gasteiger partial charge in [-0.2, -0.15) is 0 Å². The van der Waals surface area contributed by atoms with E-state index in [1.54, 1.807) is 41.5 Å². The van der Waals surface area contributed by atoms with E-state index < -0.39 is 35.4 Å². The smallest absolute Gasteiger partial charge is 0.408 e. The minimum Gasteiger partial charge on any atom is -0.462 e. The highest BCUT2D eigenvalue weighted by Crippen LogP contribution is 2.07. The summed E-state index contributed by atoms with van der Waals surface area (Å²) in [5.74, 6) is -0.623. The third kappa shape index (κ3) is 12.3. The minimum absolute atomic E-state index is 0.0294. The Balaban J connectivity index is 3.98. The van der Waals surface area contributed by atoms with Crippen LogP contribution in [0.25, 0.3) is 0 Å². The van der Waals surface area contributed by atoms with E-state index in [4.69, 9.17) is 14.2 Å². The summed E-state index contributed by atoms with van der Waals surface area (Å²) in [5, 5.41) is 4.82. The molecule has 0 aromatic carbocycles. The zero-order chi connectivity index (χ0) is 18.3. The van der Waals surface area contributed by atoms with E-state index in [9.17, 15) is 14.4 Å². The molecule has 0 unspecified atom stereocenters. The molecule has 0 aromatic rings. The third-order valence-electron chi connectivity index (χ3n) is 2.10. The molecule has 0 saturated heterocycles. The van der Waals surface area contributed by atoms with Gasteiger partial charge in [-0.15, -0.1) is 0 Å². The average molecular weight is 332 g/mol. The van der Waals surface area contributed by atoms with Gasteiger partial charge in [0, 0.05) is 0 Å². The summed E-state index contributed by atoms with van der Waals surface area (Å²) in [5.41, 5.74) is -1.24. The highest BCUT2D eigenvalue weighted by Gasteiger charge is 2.22. The zero-order valence-electron chi connectivity index (χ0n) is 14.9. The van der Waals surface area contributed by atoms with Crippen molar-refractivity contribution < 1.29 is 28.6 Å². The molecule has 0 rings (SSSR count). The van der Waals surface area contributed by atoms with E-state index in [2.05, 4.69) is 10.6 Å². The maximum absolute atomic E-state index is 11.7. The van der Waals surface area contributed by atoms with Crippen LogP contribution in [-0.4, -0.2) is 48.6 Å². The van der Waals surface area contributed by atoms with Crippen molar-refractivity contribution in [1.82, 2.24) is 10.6 Å². The molecule has 0 bridgehead atoms. The van der Waals surface area contributed by atoms with E-state index in [1.807, 2.05) is 0 Å². The number of rotatable bonds is 5. The quantitative estimate of drug-likeness (QED) is 0.453. The average Bonchev–Trinajstić information content (AvgIpc) is 2.29. The summed E-state index contributed by atoms with van der Waals surface area (Å²) < 4.78 is 15.0. The lowest BCUT2D eigenvalue weighted by atomic mass is 10.2. The Labute approximate surface area is 137 Å². The van der Waals surface area contributed by atoms with Crippen LogP contribution in [0.2, 0.25) is 0 Å². The van der Waals surface area contributed by atoms with Crippen LogP contribution in [0.5, 0.6) is 0 Å². The number of ether oxygens (including phenoxy) is 3. The molecule has 8 nitrogen and oxygen atoms in total. The molecular weight excluding hydrogens is 304 g/mol. The molecule has 0 fully saturated rings. The van der Waals surface area contributed by atoms with Crippen LogP contribution in [0.15, 0.2) is 0 Å². The Hall–Kier alpha value is -1.99. The fraction of sp³-hybridized carbons (Fsp3) is 0.800. The van der Waals surface area contributed by atoms with Crippen LogP contribution >= 0.6 is 0 Å². The lowest BCUT2D eigenvalue weighted by Gasteiger charge is -2.21. The molecule has 2 amide bonds. The Morgan fingerprint density at radius 1 is 0.913 bits per heavy atom.